The van der Waals surface area contributed by atoms with Gasteiger partial charge in [0.1, 0.15) is 0 Å². The maximum atomic E-state index is 6.20. The van der Waals surface area contributed by atoms with E-state index in [2.05, 4.69) is 39.7 Å². The molecule has 0 saturated carbocycles. The molecule has 0 fully saturated rings. The zero-order valence-corrected chi connectivity index (χ0v) is 11.0. The molecule has 2 aromatic rings. The number of nitrogens with zero attached hydrogens (tertiary/aromatic N) is 1. The Labute approximate surface area is 109 Å². The van der Waals surface area contributed by atoms with Gasteiger partial charge in [-0.2, -0.15) is 0 Å². The first-order valence-corrected chi connectivity index (χ1v) is 6.24. The summed E-state index contributed by atoms with van der Waals surface area (Å²) in [5, 5.41) is 0. The van der Waals surface area contributed by atoms with E-state index < -0.39 is 0 Å². The van der Waals surface area contributed by atoms with Gasteiger partial charge in [-0.1, -0.05) is 18.2 Å². The molecule has 3 heteroatoms. The van der Waals surface area contributed by atoms with Gasteiger partial charge >= 0.3 is 0 Å². The Morgan fingerprint density at radius 3 is 2.50 bits per heavy atom. The molecule has 0 saturated heterocycles. The topological polar surface area (TPSA) is 38.9 Å². The lowest BCUT2D eigenvalue weighted by Crippen LogP contribution is -2.14. The molecule has 0 spiro atoms. The highest BCUT2D eigenvalue weighted by Crippen LogP contribution is 2.20. The molecule has 0 unspecified atom stereocenters. The van der Waals surface area contributed by atoms with E-state index in [1.165, 1.54) is 14.7 Å². The van der Waals surface area contributed by atoms with Crippen molar-refractivity contribution in [3.63, 3.8) is 0 Å². The number of pyridine rings is 1. The summed E-state index contributed by atoms with van der Waals surface area (Å²) in [6.45, 7) is 0. The molecule has 0 aliphatic carbocycles. The molecule has 1 atom stereocenters. The van der Waals surface area contributed by atoms with Crippen LogP contribution in [0.1, 0.15) is 17.2 Å². The predicted octanol–water partition coefficient (Wildman–Crippen LogP) is 2.93. The molecular formula is C13H13IN2. The normalized spacial score (nSPS) is 12.4. The van der Waals surface area contributed by atoms with Crippen molar-refractivity contribution in [3.8, 4) is 0 Å². The zero-order chi connectivity index (χ0) is 11.4. The third kappa shape index (κ3) is 2.80. The van der Waals surface area contributed by atoms with Crippen molar-refractivity contribution >= 4 is 22.6 Å². The van der Waals surface area contributed by atoms with Gasteiger partial charge in [-0.3, -0.25) is 4.98 Å². The second-order valence-corrected chi connectivity index (χ2v) is 4.85. The minimum absolute atomic E-state index is 0.0514. The number of aromatic nitrogens is 1. The summed E-state index contributed by atoms with van der Waals surface area (Å²) in [4.78, 5) is 4.00. The predicted molar refractivity (Wildman–Crippen MR) is 74.0 cm³/mol. The molecule has 2 nitrogen and oxygen atoms in total. The van der Waals surface area contributed by atoms with E-state index >= 15 is 0 Å². The van der Waals surface area contributed by atoms with Crippen LogP contribution in [-0.4, -0.2) is 4.98 Å². The average molecular weight is 324 g/mol. The van der Waals surface area contributed by atoms with Gasteiger partial charge in [-0.15, -0.1) is 0 Å². The van der Waals surface area contributed by atoms with Crippen molar-refractivity contribution in [2.45, 2.75) is 12.5 Å². The highest BCUT2D eigenvalue weighted by molar-refractivity contribution is 14.1. The van der Waals surface area contributed by atoms with Gasteiger partial charge in [0, 0.05) is 22.0 Å². The first kappa shape index (κ1) is 11.5. The Bertz CT molecular complexity index is 456. The van der Waals surface area contributed by atoms with E-state index in [0.717, 1.165) is 6.42 Å². The number of benzene rings is 1. The molecule has 1 aromatic carbocycles. The summed E-state index contributed by atoms with van der Waals surface area (Å²) < 4.78 is 1.22. The van der Waals surface area contributed by atoms with Crippen LogP contribution in [0, 0.1) is 3.57 Å². The molecule has 2 rings (SSSR count). The van der Waals surface area contributed by atoms with E-state index in [0.29, 0.717) is 0 Å². The first-order valence-electron chi connectivity index (χ1n) is 5.16. The van der Waals surface area contributed by atoms with Crippen LogP contribution in [0.4, 0.5) is 0 Å². The Morgan fingerprint density at radius 1 is 1.12 bits per heavy atom. The van der Waals surface area contributed by atoms with Crippen LogP contribution in [0.15, 0.2) is 48.8 Å². The second kappa shape index (κ2) is 5.41. The maximum absolute atomic E-state index is 6.20. The standard InChI is InChI=1S/C13H13IN2/c14-12-4-2-1-3-11(12)13(15)9-10-5-7-16-8-6-10/h1-8,13H,9,15H2/t13-/m0/s1. The Kier molecular flexibility index (Phi) is 3.90. The molecule has 0 amide bonds. The van der Waals surface area contributed by atoms with E-state index in [1.807, 2.05) is 24.3 Å². The number of hydrogen-bond donors (Lipinski definition) is 1. The first-order chi connectivity index (χ1) is 7.77. The zero-order valence-electron chi connectivity index (χ0n) is 8.81. The van der Waals surface area contributed by atoms with Crippen LogP contribution in [-0.2, 0) is 6.42 Å². The van der Waals surface area contributed by atoms with Gasteiger partial charge in [-0.25, -0.2) is 0 Å². The van der Waals surface area contributed by atoms with Crippen LogP contribution < -0.4 is 5.73 Å². The molecule has 1 heterocycles. The molecular weight excluding hydrogens is 311 g/mol. The Balaban J connectivity index is 2.15. The van der Waals surface area contributed by atoms with Crippen LogP contribution in [0.5, 0.6) is 0 Å². The van der Waals surface area contributed by atoms with Gasteiger partial charge in [0.25, 0.3) is 0 Å². The van der Waals surface area contributed by atoms with E-state index in [9.17, 15) is 0 Å². The van der Waals surface area contributed by atoms with Crippen LogP contribution >= 0.6 is 22.6 Å². The van der Waals surface area contributed by atoms with Crippen molar-refractivity contribution in [1.82, 2.24) is 4.98 Å². The van der Waals surface area contributed by atoms with Gasteiger partial charge in [-0.05, 0) is 58.3 Å². The van der Waals surface area contributed by atoms with E-state index in [-0.39, 0.29) is 6.04 Å². The third-order valence-electron chi connectivity index (χ3n) is 2.51. The molecule has 16 heavy (non-hydrogen) atoms. The van der Waals surface area contributed by atoms with E-state index in [4.69, 9.17) is 5.73 Å². The highest BCUT2D eigenvalue weighted by Gasteiger charge is 2.09. The van der Waals surface area contributed by atoms with Crippen LogP contribution in [0.2, 0.25) is 0 Å². The molecule has 0 aliphatic rings. The summed E-state index contributed by atoms with van der Waals surface area (Å²) in [5.74, 6) is 0. The molecule has 1 aromatic heterocycles. The number of rotatable bonds is 3. The fourth-order valence-corrected chi connectivity index (χ4v) is 2.45. The van der Waals surface area contributed by atoms with Crippen molar-refractivity contribution in [2.24, 2.45) is 5.73 Å². The van der Waals surface area contributed by atoms with Gasteiger partial charge in [0.05, 0.1) is 0 Å². The fourth-order valence-electron chi connectivity index (χ4n) is 1.66. The fraction of sp³-hybridized carbons (Fsp3) is 0.154. The summed E-state index contributed by atoms with van der Waals surface area (Å²) in [7, 11) is 0. The van der Waals surface area contributed by atoms with Gasteiger partial charge < -0.3 is 5.73 Å². The summed E-state index contributed by atoms with van der Waals surface area (Å²) in [6, 6.07) is 12.3. The number of nitrogens with two attached hydrogens (primary N) is 1. The maximum Gasteiger partial charge on any atom is 0.0346 e. The van der Waals surface area contributed by atoms with Crippen molar-refractivity contribution < 1.29 is 0 Å². The largest absolute Gasteiger partial charge is 0.324 e. The lowest BCUT2D eigenvalue weighted by molar-refractivity contribution is 0.717. The number of hydrogen-bond acceptors (Lipinski definition) is 2. The van der Waals surface area contributed by atoms with Crippen molar-refractivity contribution in [3.05, 3.63) is 63.5 Å². The smallest absolute Gasteiger partial charge is 0.0346 e. The highest BCUT2D eigenvalue weighted by atomic mass is 127. The molecule has 0 aliphatic heterocycles. The van der Waals surface area contributed by atoms with Crippen LogP contribution in [0.25, 0.3) is 0 Å². The summed E-state index contributed by atoms with van der Waals surface area (Å²) in [6.07, 6.45) is 4.46. The molecule has 0 radical (unpaired) electrons. The van der Waals surface area contributed by atoms with Gasteiger partial charge in [0.2, 0.25) is 0 Å². The Hall–Kier alpha value is -0.940. The third-order valence-corrected chi connectivity index (χ3v) is 3.49. The second-order valence-electron chi connectivity index (χ2n) is 3.69. The average Bonchev–Trinajstić information content (AvgIpc) is 2.31. The minimum Gasteiger partial charge on any atom is -0.324 e. The lowest BCUT2D eigenvalue weighted by atomic mass is 10.0. The number of halogens is 1. The van der Waals surface area contributed by atoms with Crippen molar-refractivity contribution in [1.29, 1.82) is 0 Å². The molecule has 2 N–H and O–H groups in total. The summed E-state index contributed by atoms with van der Waals surface area (Å²) >= 11 is 2.33. The SMILES string of the molecule is N[C@@H](Cc1ccncc1)c1ccccc1I. The quantitative estimate of drug-likeness (QED) is 0.882. The minimum atomic E-state index is 0.0514. The summed E-state index contributed by atoms with van der Waals surface area (Å²) in [5.41, 5.74) is 8.64. The van der Waals surface area contributed by atoms with E-state index in [1.54, 1.807) is 12.4 Å². The Morgan fingerprint density at radius 2 is 1.81 bits per heavy atom. The van der Waals surface area contributed by atoms with Gasteiger partial charge in [0.15, 0.2) is 0 Å². The molecule has 82 valence electrons. The monoisotopic (exact) mass is 324 g/mol. The molecule has 0 bridgehead atoms. The van der Waals surface area contributed by atoms with Crippen molar-refractivity contribution in [2.75, 3.05) is 0 Å². The van der Waals surface area contributed by atoms with Crippen LogP contribution in [0.3, 0.4) is 0 Å². The lowest BCUT2D eigenvalue weighted by Gasteiger charge is -2.13.